The molecular weight excluding hydrogens is 1140 g/mol. The maximum atomic E-state index is 15.1. The highest BCUT2D eigenvalue weighted by Gasteiger charge is 2.45. The maximum absolute atomic E-state index is 15.1. The summed E-state index contributed by atoms with van der Waals surface area (Å²) in [6, 6.07) is -11.3. The van der Waals surface area contributed by atoms with Crippen LogP contribution in [0.3, 0.4) is 0 Å². The van der Waals surface area contributed by atoms with E-state index in [9.17, 15) is 48.3 Å². The van der Waals surface area contributed by atoms with Gasteiger partial charge in [0.2, 0.25) is 59.1 Å². The molecule has 10 unspecified atom stereocenters. The number of likely N-dealkylation sites (N-methyl/N-ethyl adjacent to an activating group) is 6. The minimum absolute atomic E-state index is 0.00494. The third-order valence-electron chi connectivity index (χ3n) is 16.8. The zero-order valence-electron chi connectivity index (χ0n) is 59.8. The highest BCUT2D eigenvalue weighted by molar-refractivity contribution is 5.99. The number of carbonyl (C=O) groups excluding carboxylic acids is 11. The van der Waals surface area contributed by atoms with Crippen molar-refractivity contribution in [3.8, 4) is 0 Å². The predicted molar refractivity (Wildman–Crippen MR) is 350 cm³/mol. The molecule has 0 aromatic rings. The Kier molecular flexibility index (Phi) is 36.1. The molecule has 0 bridgehead atoms. The number of aliphatic hydroxyl groups is 1. The van der Waals surface area contributed by atoms with Crippen molar-refractivity contribution in [1.82, 2.24) is 50.7 Å². The first-order valence-electron chi connectivity index (χ1n) is 32.6. The average Bonchev–Trinajstić information content (AvgIpc) is 1.12. The van der Waals surface area contributed by atoms with E-state index in [1.54, 1.807) is 54.7 Å². The molecule has 0 aliphatic carbocycles. The molecular formula is C67H122N10O12. The van der Waals surface area contributed by atoms with Gasteiger partial charge in [-0.25, -0.2) is 0 Å². The molecule has 0 aromatic heterocycles. The Morgan fingerprint density at radius 3 is 1.19 bits per heavy atom. The van der Waals surface area contributed by atoms with E-state index in [0.717, 1.165) is 4.90 Å². The molecule has 0 fully saturated rings. The lowest BCUT2D eigenvalue weighted by Gasteiger charge is -2.41. The van der Waals surface area contributed by atoms with Crippen LogP contribution in [0.1, 0.15) is 190 Å². The summed E-state index contributed by atoms with van der Waals surface area (Å²) in [7, 11) is 8.89. The lowest BCUT2D eigenvalue weighted by atomic mass is 9.91. The molecule has 22 nitrogen and oxygen atoms in total. The summed E-state index contributed by atoms with van der Waals surface area (Å²) in [5.41, 5.74) is 0. The third kappa shape index (κ3) is 25.3. The van der Waals surface area contributed by atoms with E-state index in [-0.39, 0.29) is 72.9 Å². The van der Waals surface area contributed by atoms with Gasteiger partial charge in [0.15, 0.2) is 5.78 Å². The van der Waals surface area contributed by atoms with Gasteiger partial charge < -0.3 is 55.8 Å². The van der Waals surface area contributed by atoms with Crippen LogP contribution in [0.4, 0.5) is 0 Å². The second-order valence-electron chi connectivity index (χ2n) is 28.0. The molecule has 0 radical (unpaired) electrons. The Labute approximate surface area is 535 Å². The van der Waals surface area contributed by atoms with E-state index in [1.165, 1.54) is 80.5 Å². The molecule has 5 N–H and O–H groups in total. The first-order valence-corrected chi connectivity index (χ1v) is 32.6. The molecule has 512 valence electrons. The van der Waals surface area contributed by atoms with Crippen LogP contribution in [-0.4, -0.2) is 208 Å². The summed E-state index contributed by atoms with van der Waals surface area (Å²) in [5.74, 6) is -8.15. The molecule has 13 atom stereocenters. The predicted octanol–water partition coefficient (Wildman–Crippen LogP) is 6.07. The number of nitrogens with one attached hydrogen (secondary N) is 4. The van der Waals surface area contributed by atoms with Crippen LogP contribution in [0.5, 0.6) is 0 Å². The van der Waals surface area contributed by atoms with Gasteiger partial charge in [-0.2, -0.15) is 0 Å². The van der Waals surface area contributed by atoms with Crippen molar-refractivity contribution in [1.29, 1.82) is 0 Å². The average molecular weight is 1260 g/mol. The molecule has 0 aliphatic rings. The Morgan fingerprint density at radius 2 is 0.787 bits per heavy atom. The molecule has 0 aliphatic heterocycles. The molecule has 22 heteroatoms. The fourth-order valence-electron chi connectivity index (χ4n) is 11.1. The van der Waals surface area contributed by atoms with Gasteiger partial charge in [0, 0.05) is 48.2 Å². The maximum Gasteiger partial charge on any atom is 0.246 e. The number of carbonyl (C=O) groups is 11. The van der Waals surface area contributed by atoms with E-state index in [2.05, 4.69) is 21.3 Å². The van der Waals surface area contributed by atoms with Crippen LogP contribution >= 0.6 is 0 Å². The van der Waals surface area contributed by atoms with Crippen molar-refractivity contribution >= 4 is 64.9 Å². The van der Waals surface area contributed by atoms with Gasteiger partial charge in [0.05, 0.1) is 12.1 Å². The van der Waals surface area contributed by atoms with E-state index in [0.29, 0.717) is 19.3 Å². The lowest BCUT2D eigenvalue weighted by Crippen LogP contribution is -2.63. The molecule has 0 spiro atoms. The minimum Gasteiger partial charge on any atom is -0.390 e. The second-order valence-corrected chi connectivity index (χ2v) is 28.0. The number of Topliss-reactive ketones (excluding diaryl/α,β-unsaturated/α-hetero) is 1. The standard InChI is InChI=1S/C67H122N10O12/c1-28-30-31-44(17)57(79)56(77(27)67(89)55(43(15)16)76(26)65(87)53(36-41(11)12)74(24)62(84)45(18)32-37(3)4)61(83)70-49(29-2)63(85)75(25)52(35-40(9)10)64(86)72(22)51(34-39(7)8)60(82)71-54(42(13)14)66(88)73(23)50(33-38(5)6)59(81)69-47(20)58(80)68-46(19)48(21)78/h28,30,37-47,49-57,79H,29,31-36H2,1-27H3,(H,68,80)(H,69,81)(H,70,83)(H,71,82)/b30-28+/t44?,45?,46?,47?,49?,50?,51-,52?,53?,54-,55?,56-,57?/m0/s1. The van der Waals surface area contributed by atoms with E-state index in [4.69, 9.17) is 0 Å². The van der Waals surface area contributed by atoms with Crippen LogP contribution < -0.4 is 21.3 Å². The van der Waals surface area contributed by atoms with Crippen LogP contribution in [0.15, 0.2) is 12.2 Å². The summed E-state index contributed by atoms with van der Waals surface area (Å²) in [5, 5.41) is 23.1. The summed E-state index contributed by atoms with van der Waals surface area (Å²) in [6.45, 7) is 37.7. The second kappa shape index (κ2) is 38.7. The van der Waals surface area contributed by atoms with Gasteiger partial charge in [0.25, 0.3) is 0 Å². The van der Waals surface area contributed by atoms with E-state index < -0.39 is 137 Å². The van der Waals surface area contributed by atoms with E-state index >= 15 is 9.59 Å². The largest absolute Gasteiger partial charge is 0.390 e. The zero-order valence-corrected chi connectivity index (χ0v) is 59.8. The number of rotatable bonds is 38. The van der Waals surface area contributed by atoms with E-state index in [1.807, 2.05) is 89.2 Å². The lowest BCUT2D eigenvalue weighted by molar-refractivity contribution is -0.156. The summed E-state index contributed by atoms with van der Waals surface area (Å²) in [6.07, 6.45) is 3.97. The first kappa shape index (κ1) is 83.1. The van der Waals surface area contributed by atoms with Crippen LogP contribution in [0.25, 0.3) is 0 Å². The topological polar surface area (TPSA) is 276 Å². The highest BCUT2D eigenvalue weighted by atomic mass is 16.3. The van der Waals surface area contributed by atoms with Crippen molar-refractivity contribution in [3.63, 3.8) is 0 Å². The normalized spacial score (nSPS) is 16.3. The molecule has 0 aromatic carbocycles. The summed E-state index contributed by atoms with van der Waals surface area (Å²) >= 11 is 0. The molecule has 0 heterocycles. The first-order chi connectivity index (χ1) is 40.9. The monoisotopic (exact) mass is 1260 g/mol. The van der Waals surface area contributed by atoms with Gasteiger partial charge in [-0.05, 0) is 120 Å². The minimum atomic E-state index is -1.58. The molecule has 0 rings (SSSR count). The third-order valence-corrected chi connectivity index (χ3v) is 16.8. The van der Waals surface area contributed by atoms with Gasteiger partial charge in [-0.3, -0.25) is 52.7 Å². The number of ketones is 1. The number of hydrogen-bond donors (Lipinski definition) is 5. The van der Waals surface area contributed by atoms with Crippen molar-refractivity contribution in [2.45, 2.75) is 257 Å². The van der Waals surface area contributed by atoms with Gasteiger partial charge in [-0.1, -0.05) is 130 Å². The van der Waals surface area contributed by atoms with Gasteiger partial charge in [0.1, 0.15) is 54.4 Å². The number of nitrogens with zero attached hydrogens (tertiary/aromatic N) is 6. The number of hydrogen-bond acceptors (Lipinski definition) is 12. The van der Waals surface area contributed by atoms with Crippen LogP contribution in [0, 0.1) is 53.3 Å². The smallest absolute Gasteiger partial charge is 0.246 e. The van der Waals surface area contributed by atoms with Gasteiger partial charge >= 0.3 is 0 Å². The number of amides is 10. The molecule has 10 amide bonds. The van der Waals surface area contributed by atoms with Crippen LogP contribution in [0.2, 0.25) is 0 Å². The van der Waals surface area contributed by atoms with Crippen LogP contribution in [-0.2, 0) is 52.7 Å². The Bertz CT molecular complexity index is 2370. The molecule has 0 saturated heterocycles. The van der Waals surface area contributed by atoms with Crippen molar-refractivity contribution in [2.24, 2.45) is 53.3 Å². The number of allylic oxidation sites excluding steroid dienone is 2. The fraction of sp³-hybridized carbons (Fsp3) is 0.806. The summed E-state index contributed by atoms with van der Waals surface area (Å²) < 4.78 is 0. The van der Waals surface area contributed by atoms with Crippen molar-refractivity contribution in [3.05, 3.63) is 12.2 Å². The summed E-state index contributed by atoms with van der Waals surface area (Å²) in [4.78, 5) is 164. The van der Waals surface area contributed by atoms with Crippen molar-refractivity contribution in [2.75, 3.05) is 42.3 Å². The zero-order chi connectivity index (χ0) is 69.6. The molecule has 0 saturated carbocycles. The fourth-order valence-corrected chi connectivity index (χ4v) is 11.1. The Balaban J connectivity index is 7.37. The Hall–Kier alpha value is -5.93. The van der Waals surface area contributed by atoms with Crippen molar-refractivity contribution < 1.29 is 57.8 Å². The highest BCUT2D eigenvalue weighted by Crippen LogP contribution is 2.26. The Morgan fingerprint density at radius 1 is 0.404 bits per heavy atom. The van der Waals surface area contributed by atoms with Gasteiger partial charge in [-0.15, -0.1) is 0 Å². The number of aliphatic hydroxyl groups excluding tert-OH is 1. The quantitative estimate of drug-likeness (QED) is 0.0441. The molecule has 89 heavy (non-hydrogen) atoms. The SMILES string of the molecule is C/C=C/CC(C)C(O)[C@@H](C(=O)NC(CC)C(=O)N(C)C(CC(C)C)C(=O)N(C)[C@@H](CC(C)C)C(=O)N[C@H](C(=O)N(C)C(CC(C)C)C(=O)NC(C)C(=O)NC(C)C(C)=O)C(C)C)N(C)C(=O)C(C(C)C)N(C)C(=O)C(CC(C)C)N(C)C(=O)C(C)CC(C)C.